The molecule has 0 unspecified atom stereocenters. The van der Waals surface area contributed by atoms with Crippen molar-refractivity contribution in [2.24, 2.45) is 0 Å². The van der Waals surface area contributed by atoms with Gasteiger partial charge in [0.1, 0.15) is 0 Å². The van der Waals surface area contributed by atoms with Crippen LogP contribution in [0.4, 0.5) is 11.4 Å². The highest BCUT2D eigenvalue weighted by atomic mass is 35.5. The van der Waals surface area contributed by atoms with Gasteiger partial charge in [-0.2, -0.15) is 0 Å². The molecule has 0 fully saturated rings. The average Bonchev–Trinajstić information content (AvgIpc) is 2.27. The predicted molar refractivity (Wildman–Crippen MR) is 64.5 cm³/mol. The molecule has 86 valence electrons. The highest BCUT2D eigenvalue weighted by Crippen LogP contribution is 2.23. The van der Waals surface area contributed by atoms with E-state index in [2.05, 4.69) is 0 Å². The second kappa shape index (κ2) is 5.18. The number of anilines is 2. The van der Waals surface area contributed by atoms with Crippen molar-refractivity contribution < 1.29 is 9.59 Å². The van der Waals surface area contributed by atoms with Gasteiger partial charge >= 0.3 is 0 Å². The first-order valence-electron chi connectivity index (χ1n) is 4.46. The first-order valence-corrected chi connectivity index (χ1v) is 5.14. The number of nitrogens with zero attached hydrogens (tertiary/aromatic N) is 2. The molecule has 0 heterocycles. The number of hydrogen-bond donors (Lipinski definition) is 0. The Bertz CT molecular complexity index is 367. The van der Waals surface area contributed by atoms with Crippen molar-refractivity contribution in [2.45, 2.75) is 13.8 Å². The van der Waals surface area contributed by atoms with Crippen molar-refractivity contribution in [1.29, 1.82) is 0 Å². The van der Waals surface area contributed by atoms with Crippen LogP contribution in [-0.2, 0) is 9.59 Å². The van der Waals surface area contributed by atoms with Gasteiger partial charge in [0.25, 0.3) is 0 Å². The second-order valence-corrected chi connectivity index (χ2v) is 3.79. The molecule has 0 aliphatic rings. The van der Waals surface area contributed by atoms with Gasteiger partial charge in [0.15, 0.2) is 0 Å². The Morgan fingerprint density at radius 1 is 0.875 bits per heavy atom. The van der Waals surface area contributed by atoms with Crippen LogP contribution in [0.1, 0.15) is 13.8 Å². The molecule has 1 aromatic rings. The molecule has 0 aliphatic carbocycles. The number of carbonyl (C=O) groups excluding carboxylic acids is 2. The number of amides is 2. The first-order chi connectivity index (χ1) is 7.43. The molecule has 0 atom stereocenters. The minimum Gasteiger partial charge on any atom is -0.274 e. The summed E-state index contributed by atoms with van der Waals surface area (Å²) < 4.78 is 1.96. The number of rotatable bonds is 2. The van der Waals surface area contributed by atoms with Crippen LogP contribution in [0.3, 0.4) is 0 Å². The summed E-state index contributed by atoms with van der Waals surface area (Å²) in [5.41, 5.74) is 1.04. The summed E-state index contributed by atoms with van der Waals surface area (Å²) >= 11 is 11.4. The van der Waals surface area contributed by atoms with E-state index < -0.39 is 0 Å². The Morgan fingerprint density at radius 2 is 1.12 bits per heavy atom. The van der Waals surface area contributed by atoms with E-state index >= 15 is 0 Å². The van der Waals surface area contributed by atoms with E-state index in [0.717, 1.165) is 8.84 Å². The summed E-state index contributed by atoms with van der Waals surface area (Å²) in [6, 6.07) is 6.40. The zero-order valence-corrected chi connectivity index (χ0v) is 10.3. The lowest BCUT2D eigenvalue weighted by atomic mass is 10.2. The van der Waals surface area contributed by atoms with E-state index in [1.807, 2.05) is 0 Å². The maximum atomic E-state index is 11.0. The van der Waals surface area contributed by atoms with Gasteiger partial charge in [0.2, 0.25) is 11.8 Å². The summed E-state index contributed by atoms with van der Waals surface area (Å²) in [7, 11) is 0. The van der Waals surface area contributed by atoms with Gasteiger partial charge < -0.3 is 0 Å². The minimum absolute atomic E-state index is 0.288. The normalized spacial score (nSPS) is 9.75. The van der Waals surface area contributed by atoms with Crippen LogP contribution in [0.5, 0.6) is 0 Å². The van der Waals surface area contributed by atoms with Crippen molar-refractivity contribution in [2.75, 3.05) is 8.84 Å². The van der Waals surface area contributed by atoms with E-state index in [-0.39, 0.29) is 11.8 Å². The van der Waals surface area contributed by atoms with Crippen molar-refractivity contribution in [3.63, 3.8) is 0 Å². The van der Waals surface area contributed by atoms with Crippen molar-refractivity contribution in [3.8, 4) is 0 Å². The summed E-state index contributed by atoms with van der Waals surface area (Å²) in [4.78, 5) is 21.9. The molecule has 0 aromatic heterocycles. The average molecular weight is 261 g/mol. The minimum atomic E-state index is -0.288. The van der Waals surface area contributed by atoms with E-state index in [1.54, 1.807) is 24.3 Å². The molecular weight excluding hydrogens is 251 g/mol. The Kier molecular flexibility index (Phi) is 4.15. The molecule has 16 heavy (non-hydrogen) atoms. The summed E-state index contributed by atoms with van der Waals surface area (Å²) in [5.74, 6) is -0.576. The number of hydrogen-bond acceptors (Lipinski definition) is 2. The lowest BCUT2D eigenvalue weighted by Gasteiger charge is -2.14. The van der Waals surface area contributed by atoms with E-state index in [1.165, 1.54) is 13.8 Å². The SMILES string of the molecule is CC(=O)N(Cl)c1ccc(N(Cl)C(C)=O)cc1. The van der Waals surface area contributed by atoms with E-state index in [0.29, 0.717) is 11.4 Å². The quantitative estimate of drug-likeness (QED) is 0.768. The van der Waals surface area contributed by atoms with E-state index in [9.17, 15) is 9.59 Å². The van der Waals surface area contributed by atoms with Gasteiger partial charge in [-0.05, 0) is 24.3 Å². The summed E-state index contributed by atoms with van der Waals surface area (Å²) in [5, 5.41) is 0. The lowest BCUT2D eigenvalue weighted by Crippen LogP contribution is -2.18. The van der Waals surface area contributed by atoms with E-state index in [4.69, 9.17) is 23.6 Å². The number of halogens is 2. The molecule has 0 bridgehead atoms. The lowest BCUT2D eigenvalue weighted by molar-refractivity contribution is -0.116. The fraction of sp³-hybridized carbons (Fsp3) is 0.200. The molecule has 0 N–H and O–H groups in total. The molecule has 4 nitrogen and oxygen atoms in total. The molecule has 1 rings (SSSR count). The summed E-state index contributed by atoms with van der Waals surface area (Å²) in [6.45, 7) is 2.70. The zero-order valence-electron chi connectivity index (χ0n) is 8.78. The molecule has 0 saturated heterocycles. The second-order valence-electron chi connectivity index (χ2n) is 3.12. The largest absolute Gasteiger partial charge is 0.274 e. The predicted octanol–water partition coefficient (Wildman–Crippen LogP) is 2.70. The monoisotopic (exact) mass is 260 g/mol. The van der Waals surface area contributed by atoms with Crippen LogP contribution in [-0.4, -0.2) is 11.8 Å². The Morgan fingerprint density at radius 3 is 1.31 bits per heavy atom. The maximum Gasteiger partial charge on any atom is 0.238 e. The van der Waals surface area contributed by atoms with Crippen LogP contribution >= 0.6 is 23.6 Å². The van der Waals surface area contributed by atoms with Crippen molar-refractivity contribution in [3.05, 3.63) is 24.3 Å². The Hall–Kier alpha value is -1.26. The van der Waals surface area contributed by atoms with Gasteiger partial charge in [0, 0.05) is 37.4 Å². The molecule has 0 saturated carbocycles. The van der Waals surface area contributed by atoms with Gasteiger partial charge in [-0.3, -0.25) is 9.59 Å². The molecule has 1 aromatic carbocycles. The van der Waals surface area contributed by atoms with Crippen LogP contribution in [0.25, 0.3) is 0 Å². The molecule has 6 heteroatoms. The maximum absolute atomic E-state index is 11.0. The fourth-order valence-corrected chi connectivity index (χ4v) is 1.30. The van der Waals surface area contributed by atoms with Gasteiger partial charge in [-0.1, -0.05) is 0 Å². The molecular formula is C10H10Cl2N2O2. The Labute approximate surface area is 104 Å². The van der Waals surface area contributed by atoms with Gasteiger partial charge in [-0.15, -0.1) is 0 Å². The summed E-state index contributed by atoms with van der Waals surface area (Å²) in [6.07, 6.45) is 0. The van der Waals surface area contributed by atoms with Crippen LogP contribution < -0.4 is 8.84 Å². The van der Waals surface area contributed by atoms with Crippen LogP contribution in [0.15, 0.2) is 24.3 Å². The molecule has 0 spiro atoms. The van der Waals surface area contributed by atoms with Crippen molar-refractivity contribution >= 4 is 46.7 Å². The Balaban J connectivity index is 2.91. The molecule has 2 amide bonds. The number of benzene rings is 1. The fourth-order valence-electron chi connectivity index (χ4n) is 1.08. The topological polar surface area (TPSA) is 40.6 Å². The molecule has 0 aliphatic heterocycles. The van der Waals surface area contributed by atoms with Crippen molar-refractivity contribution in [1.82, 2.24) is 0 Å². The zero-order chi connectivity index (χ0) is 12.3. The first kappa shape index (κ1) is 12.8. The number of carbonyl (C=O) groups is 2. The molecule has 0 radical (unpaired) electrons. The van der Waals surface area contributed by atoms with Crippen LogP contribution in [0, 0.1) is 0 Å². The third-order valence-electron chi connectivity index (χ3n) is 1.86. The highest BCUT2D eigenvalue weighted by molar-refractivity contribution is 6.37. The van der Waals surface area contributed by atoms with Crippen LogP contribution in [0.2, 0.25) is 0 Å². The highest BCUT2D eigenvalue weighted by Gasteiger charge is 2.11. The van der Waals surface area contributed by atoms with Gasteiger partial charge in [0.05, 0.1) is 11.4 Å². The smallest absolute Gasteiger partial charge is 0.238 e. The third kappa shape index (κ3) is 2.87. The van der Waals surface area contributed by atoms with Gasteiger partial charge in [-0.25, -0.2) is 8.84 Å². The standard InChI is InChI=1S/C10H10Cl2N2O2/c1-7(15)13(11)9-3-5-10(6-4-9)14(12)8(2)16/h3-6H,1-2H3. The third-order valence-corrected chi connectivity index (χ3v) is 2.72.